The van der Waals surface area contributed by atoms with Crippen LogP contribution in [0.2, 0.25) is 0 Å². The van der Waals surface area contributed by atoms with Gasteiger partial charge in [0.1, 0.15) is 5.82 Å². The Morgan fingerprint density at radius 1 is 0.893 bits per heavy atom. The van der Waals surface area contributed by atoms with Crippen molar-refractivity contribution in [1.29, 1.82) is 0 Å². The number of aromatic nitrogens is 2. The minimum absolute atomic E-state index is 0.172. The number of rotatable bonds is 4. The molecule has 1 amide bonds. The van der Waals surface area contributed by atoms with Gasteiger partial charge in [-0.3, -0.25) is 9.78 Å². The van der Waals surface area contributed by atoms with Gasteiger partial charge in [0.2, 0.25) is 0 Å². The molecule has 0 aliphatic rings. The number of fused-ring (bicyclic) bond motifs is 1. The van der Waals surface area contributed by atoms with Crippen molar-refractivity contribution in [3.63, 3.8) is 0 Å². The van der Waals surface area contributed by atoms with Gasteiger partial charge in [0, 0.05) is 17.1 Å². The van der Waals surface area contributed by atoms with Crippen LogP contribution in [0, 0.1) is 13.8 Å². The average Bonchev–Trinajstić information content (AvgIpc) is 2.72. The predicted octanol–water partition coefficient (Wildman–Crippen LogP) is 5.24. The fourth-order valence-electron chi connectivity index (χ4n) is 2.97. The van der Waals surface area contributed by atoms with E-state index >= 15 is 0 Å². The van der Waals surface area contributed by atoms with Gasteiger partial charge in [-0.25, -0.2) is 4.98 Å². The molecule has 5 nitrogen and oxygen atoms in total. The lowest BCUT2D eigenvalue weighted by molar-refractivity contribution is 0.102. The Kier molecular flexibility index (Phi) is 4.72. The summed E-state index contributed by atoms with van der Waals surface area (Å²) in [6.07, 6.45) is 3.47. The van der Waals surface area contributed by atoms with Crippen molar-refractivity contribution in [2.24, 2.45) is 0 Å². The number of pyridine rings is 2. The SMILES string of the molecule is Cc1ccc(C(=O)Nc2ccc(Nc3cccc4cccnc34)cn2)cc1C. The molecule has 0 aliphatic carbocycles. The number of carbonyl (C=O) groups is 1. The molecule has 5 heteroatoms. The zero-order valence-electron chi connectivity index (χ0n) is 15.7. The number of hydrogen-bond acceptors (Lipinski definition) is 4. The lowest BCUT2D eigenvalue weighted by Crippen LogP contribution is -2.13. The van der Waals surface area contributed by atoms with Crippen molar-refractivity contribution in [2.75, 3.05) is 10.6 Å². The highest BCUT2D eigenvalue weighted by Gasteiger charge is 2.08. The van der Waals surface area contributed by atoms with Gasteiger partial charge in [0.25, 0.3) is 5.91 Å². The summed E-state index contributed by atoms with van der Waals surface area (Å²) in [5.41, 5.74) is 5.50. The Labute approximate surface area is 163 Å². The van der Waals surface area contributed by atoms with Crippen LogP contribution in [0.5, 0.6) is 0 Å². The second kappa shape index (κ2) is 7.48. The molecule has 0 radical (unpaired) electrons. The Balaban J connectivity index is 1.49. The van der Waals surface area contributed by atoms with E-state index < -0.39 is 0 Å². The van der Waals surface area contributed by atoms with E-state index in [0.717, 1.165) is 33.4 Å². The summed E-state index contributed by atoms with van der Waals surface area (Å²) in [5.74, 6) is 0.333. The van der Waals surface area contributed by atoms with E-state index in [1.54, 1.807) is 18.5 Å². The number of nitrogens with one attached hydrogen (secondary N) is 2. The Bertz CT molecular complexity index is 1150. The minimum Gasteiger partial charge on any atom is -0.352 e. The number of para-hydroxylation sites is 1. The molecule has 0 fully saturated rings. The van der Waals surface area contributed by atoms with E-state index in [0.29, 0.717) is 11.4 Å². The average molecular weight is 368 g/mol. The first-order chi connectivity index (χ1) is 13.6. The van der Waals surface area contributed by atoms with Crippen molar-refractivity contribution < 1.29 is 4.79 Å². The summed E-state index contributed by atoms with van der Waals surface area (Å²) in [7, 11) is 0. The molecule has 0 unspecified atom stereocenters. The van der Waals surface area contributed by atoms with Gasteiger partial charge in [-0.15, -0.1) is 0 Å². The van der Waals surface area contributed by atoms with Crippen LogP contribution >= 0.6 is 0 Å². The van der Waals surface area contributed by atoms with E-state index in [4.69, 9.17) is 0 Å². The number of carbonyl (C=O) groups excluding carboxylic acids is 1. The lowest BCUT2D eigenvalue weighted by atomic mass is 10.1. The zero-order chi connectivity index (χ0) is 19.5. The Morgan fingerprint density at radius 2 is 1.75 bits per heavy atom. The first kappa shape index (κ1) is 17.7. The maximum atomic E-state index is 12.4. The van der Waals surface area contributed by atoms with Crippen molar-refractivity contribution in [1.82, 2.24) is 9.97 Å². The van der Waals surface area contributed by atoms with Crippen LogP contribution in [0.1, 0.15) is 21.5 Å². The molecule has 0 saturated carbocycles. The van der Waals surface area contributed by atoms with Gasteiger partial charge in [0.15, 0.2) is 0 Å². The third kappa shape index (κ3) is 3.69. The summed E-state index contributed by atoms with van der Waals surface area (Å²) < 4.78 is 0. The van der Waals surface area contributed by atoms with Crippen molar-refractivity contribution >= 4 is 34.0 Å². The van der Waals surface area contributed by atoms with Crippen LogP contribution < -0.4 is 10.6 Å². The molecule has 0 saturated heterocycles. The number of aryl methyl sites for hydroxylation is 2. The first-order valence-corrected chi connectivity index (χ1v) is 9.05. The third-order valence-electron chi connectivity index (χ3n) is 4.69. The number of anilines is 3. The van der Waals surface area contributed by atoms with Crippen molar-refractivity contribution in [2.45, 2.75) is 13.8 Å². The van der Waals surface area contributed by atoms with Crippen LogP contribution in [0.15, 0.2) is 73.1 Å². The highest BCUT2D eigenvalue weighted by Crippen LogP contribution is 2.24. The number of hydrogen-bond donors (Lipinski definition) is 2. The molecular formula is C23H20N4O. The van der Waals surface area contributed by atoms with Gasteiger partial charge in [-0.2, -0.15) is 0 Å². The molecule has 0 spiro atoms. The predicted molar refractivity (Wildman–Crippen MR) is 113 cm³/mol. The third-order valence-corrected chi connectivity index (χ3v) is 4.69. The molecule has 0 aliphatic heterocycles. The number of benzene rings is 2. The molecule has 0 atom stereocenters. The molecule has 2 aromatic carbocycles. The molecule has 2 aromatic heterocycles. The molecule has 4 aromatic rings. The van der Waals surface area contributed by atoms with Crippen LogP contribution in [-0.4, -0.2) is 15.9 Å². The van der Waals surface area contributed by atoms with Crippen LogP contribution in [-0.2, 0) is 0 Å². The summed E-state index contributed by atoms with van der Waals surface area (Å²) >= 11 is 0. The molecular weight excluding hydrogens is 348 g/mol. The summed E-state index contributed by atoms with van der Waals surface area (Å²) in [6.45, 7) is 4.02. The summed E-state index contributed by atoms with van der Waals surface area (Å²) in [4.78, 5) is 21.2. The maximum absolute atomic E-state index is 12.4. The van der Waals surface area contributed by atoms with Gasteiger partial charge >= 0.3 is 0 Å². The smallest absolute Gasteiger partial charge is 0.256 e. The number of nitrogens with zero attached hydrogens (tertiary/aromatic N) is 2. The highest BCUT2D eigenvalue weighted by atomic mass is 16.1. The van der Waals surface area contributed by atoms with Crippen LogP contribution in [0.25, 0.3) is 10.9 Å². The van der Waals surface area contributed by atoms with Crippen molar-refractivity contribution in [3.8, 4) is 0 Å². The van der Waals surface area contributed by atoms with Gasteiger partial charge in [-0.05, 0) is 61.4 Å². The fourth-order valence-corrected chi connectivity index (χ4v) is 2.97. The standard InChI is InChI=1S/C23H20N4O/c1-15-8-9-18(13-16(15)2)23(28)27-21-11-10-19(14-25-21)26-20-7-3-5-17-6-4-12-24-22(17)20/h3-14,26H,1-2H3,(H,25,27,28). The molecule has 2 N–H and O–H groups in total. The monoisotopic (exact) mass is 368 g/mol. The van der Waals surface area contributed by atoms with E-state index in [1.807, 2.05) is 68.4 Å². The normalized spacial score (nSPS) is 10.6. The molecule has 0 bridgehead atoms. The number of amides is 1. The molecule has 28 heavy (non-hydrogen) atoms. The van der Waals surface area contributed by atoms with E-state index in [9.17, 15) is 4.79 Å². The van der Waals surface area contributed by atoms with Crippen molar-refractivity contribution in [3.05, 3.63) is 89.7 Å². The van der Waals surface area contributed by atoms with E-state index in [-0.39, 0.29) is 5.91 Å². The zero-order valence-corrected chi connectivity index (χ0v) is 15.7. The molecule has 2 heterocycles. The van der Waals surface area contributed by atoms with Gasteiger partial charge in [-0.1, -0.05) is 24.3 Å². The minimum atomic E-state index is -0.172. The second-order valence-corrected chi connectivity index (χ2v) is 6.69. The summed E-state index contributed by atoms with van der Waals surface area (Å²) in [5, 5.41) is 7.24. The first-order valence-electron chi connectivity index (χ1n) is 9.05. The molecule has 138 valence electrons. The quantitative estimate of drug-likeness (QED) is 0.517. The Morgan fingerprint density at radius 3 is 2.54 bits per heavy atom. The molecule has 4 rings (SSSR count). The fraction of sp³-hybridized carbons (Fsp3) is 0.0870. The van der Waals surface area contributed by atoms with Gasteiger partial charge < -0.3 is 10.6 Å². The maximum Gasteiger partial charge on any atom is 0.256 e. The van der Waals surface area contributed by atoms with E-state index in [2.05, 4.69) is 20.6 Å². The lowest BCUT2D eigenvalue weighted by Gasteiger charge is -2.10. The van der Waals surface area contributed by atoms with Crippen LogP contribution in [0.4, 0.5) is 17.2 Å². The topological polar surface area (TPSA) is 66.9 Å². The Hall–Kier alpha value is -3.73. The van der Waals surface area contributed by atoms with Gasteiger partial charge in [0.05, 0.1) is 23.1 Å². The highest BCUT2D eigenvalue weighted by molar-refractivity contribution is 6.04. The van der Waals surface area contributed by atoms with E-state index in [1.165, 1.54) is 0 Å². The second-order valence-electron chi connectivity index (χ2n) is 6.69. The largest absolute Gasteiger partial charge is 0.352 e. The van der Waals surface area contributed by atoms with Crippen LogP contribution in [0.3, 0.4) is 0 Å². The summed E-state index contributed by atoms with van der Waals surface area (Å²) in [6, 6.07) is 19.2.